The van der Waals surface area contributed by atoms with E-state index in [0.29, 0.717) is 12.8 Å². The summed E-state index contributed by atoms with van der Waals surface area (Å²) < 4.78 is 36.5. The Morgan fingerprint density at radius 1 is 1.07 bits per heavy atom. The van der Waals surface area contributed by atoms with E-state index in [1.807, 2.05) is 13.8 Å². The molecule has 2 nitrogen and oxygen atoms in total. The smallest absolute Gasteiger partial charge is 0.335 e. The second-order valence-corrected chi connectivity index (χ2v) is 3.50. The maximum atomic E-state index is 12.2. The van der Waals surface area contributed by atoms with Gasteiger partial charge in [0.1, 0.15) is 0 Å². The molecule has 0 heterocycles. The number of carbonyl (C=O) groups excluding carboxylic acids is 1. The van der Waals surface area contributed by atoms with Crippen LogP contribution in [0.2, 0.25) is 0 Å². The molecule has 15 heavy (non-hydrogen) atoms. The van der Waals surface area contributed by atoms with Gasteiger partial charge in [0.05, 0.1) is 0 Å². The molecule has 0 atom stereocenters. The normalized spacial score (nSPS) is 11.5. The van der Waals surface area contributed by atoms with Crippen molar-refractivity contribution in [2.75, 3.05) is 13.1 Å². The molecule has 0 spiro atoms. The second-order valence-electron chi connectivity index (χ2n) is 3.50. The zero-order valence-electron chi connectivity index (χ0n) is 9.23. The molecule has 1 amide bonds. The van der Waals surface area contributed by atoms with Crippen molar-refractivity contribution in [3.8, 4) is 0 Å². The minimum absolute atomic E-state index is 0.203. The third kappa shape index (κ3) is 5.64. The third-order valence-electron chi connectivity index (χ3n) is 2.09. The molecule has 0 aromatic rings. The maximum absolute atomic E-state index is 12.2. The zero-order valence-corrected chi connectivity index (χ0v) is 9.23. The van der Waals surface area contributed by atoms with Gasteiger partial charge in [-0.15, -0.1) is 0 Å². The van der Waals surface area contributed by atoms with E-state index >= 15 is 0 Å². The van der Waals surface area contributed by atoms with E-state index < -0.39 is 12.1 Å². The number of nitrogens with zero attached hydrogens (tertiary/aromatic N) is 1. The van der Waals surface area contributed by atoms with Crippen molar-refractivity contribution in [2.24, 2.45) is 0 Å². The highest BCUT2D eigenvalue weighted by atomic mass is 19.4. The lowest BCUT2D eigenvalue weighted by Crippen LogP contribution is -2.42. The molecule has 0 bridgehead atoms. The average Bonchev–Trinajstić information content (AvgIpc) is 2.16. The van der Waals surface area contributed by atoms with Gasteiger partial charge in [0.15, 0.2) is 0 Å². The van der Waals surface area contributed by atoms with Crippen LogP contribution in [0.5, 0.6) is 0 Å². The SMILES string of the molecule is CCCCN(CCCC)C(=O)C(F)(F)F. The predicted octanol–water partition coefficient (Wildman–Crippen LogP) is 2.98. The Bertz CT molecular complexity index is 184. The lowest BCUT2D eigenvalue weighted by atomic mass is 10.2. The number of hydrogen-bond acceptors (Lipinski definition) is 1. The summed E-state index contributed by atoms with van der Waals surface area (Å²) in [4.78, 5) is 11.9. The van der Waals surface area contributed by atoms with E-state index in [4.69, 9.17) is 0 Å². The number of alkyl halides is 3. The Morgan fingerprint density at radius 3 is 1.73 bits per heavy atom. The number of unbranched alkanes of at least 4 members (excludes halogenated alkanes) is 2. The summed E-state index contributed by atoms with van der Waals surface area (Å²) in [6.45, 7) is 4.18. The molecule has 0 N–H and O–H groups in total. The molecule has 0 fully saturated rings. The van der Waals surface area contributed by atoms with Gasteiger partial charge in [0, 0.05) is 13.1 Å². The molecule has 0 unspecified atom stereocenters. The summed E-state index contributed by atoms with van der Waals surface area (Å²) in [7, 11) is 0. The fourth-order valence-corrected chi connectivity index (χ4v) is 1.19. The van der Waals surface area contributed by atoms with Crippen molar-refractivity contribution in [3.05, 3.63) is 0 Å². The van der Waals surface area contributed by atoms with E-state index in [9.17, 15) is 18.0 Å². The number of amides is 1. The Kier molecular flexibility index (Phi) is 6.36. The average molecular weight is 225 g/mol. The first-order chi connectivity index (χ1) is 6.93. The van der Waals surface area contributed by atoms with Gasteiger partial charge in [-0.2, -0.15) is 13.2 Å². The van der Waals surface area contributed by atoms with Crippen molar-refractivity contribution in [2.45, 2.75) is 45.7 Å². The Hall–Kier alpha value is -0.740. The minimum Gasteiger partial charge on any atom is -0.335 e. The molecule has 0 radical (unpaired) electrons. The third-order valence-corrected chi connectivity index (χ3v) is 2.09. The molecular weight excluding hydrogens is 207 g/mol. The molecule has 0 saturated heterocycles. The van der Waals surface area contributed by atoms with Crippen LogP contribution >= 0.6 is 0 Å². The van der Waals surface area contributed by atoms with Crippen molar-refractivity contribution < 1.29 is 18.0 Å². The van der Waals surface area contributed by atoms with Crippen molar-refractivity contribution in [3.63, 3.8) is 0 Å². The summed E-state index contributed by atoms with van der Waals surface area (Å²) in [5, 5.41) is 0. The van der Waals surface area contributed by atoms with Crippen LogP contribution in [0.3, 0.4) is 0 Å². The second kappa shape index (κ2) is 6.69. The summed E-state index contributed by atoms with van der Waals surface area (Å²) in [5.74, 6) is -1.70. The summed E-state index contributed by atoms with van der Waals surface area (Å²) in [6, 6.07) is 0. The number of rotatable bonds is 6. The van der Waals surface area contributed by atoms with E-state index in [1.165, 1.54) is 0 Å². The van der Waals surface area contributed by atoms with Crippen molar-refractivity contribution >= 4 is 5.91 Å². The van der Waals surface area contributed by atoms with Crippen LogP contribution < -0.4 is 0 Å². The summed E-state index contributed by atoms with van der Waals surface area (Å²) >= 11 is 0. The zero-order chi connectivity index (χ0) is 11.9. The van der Waals surface area contributed by atoms with Gasteiger partial charge in [0.2, 0.25) is 0 Å². The molecule has 90 valence electrons. The van der Waals surface area contributed by atoms with Crippen LogP contribution in [-0.4, -0.2) is 30.1 Å². The van der Waals surface area contributed by atoms with Gasteiger partial charge in [-0.05, 0) is 12.8 Å². The van der Waals surface area contributed by atoms with Crippen molar-refractivity contribution in [1.29, 1.82) is 0 Å². The Morgan fingerprint density at radius 2 is 1.47 bits per heavy atom. The molecule has 0 aromatic heterocycles. The topological polar surface area (TPSA) is 20.3 Å². The summed E-state index contributed by atoms with van der Waals surface area (Å²) in [6.07, 6.45) is -1.93. The molecule has 0 aromatic carbocycles. The first-order valence-electron chi connectivity index (χ1n) is 5.29. The lowest BCUT2D eigenvalue weighted by Gasteiger charge is -2.23. The first-order valence-corrected chi connectivity index (χ1v) is 5.29. The van der Waals surface area contributed by atoms with Gasteiger partial charge in [-0.3, -0.25) is 4.79 Å². The van der Waals surface area contributed by atoms with E-state index in [-0.39, 0.29) is 13.1 Å². The molecule has 5 heteroatoms. The van der Waals surface area contributed by atoms with Gasteiger partial charge in [-0.1, -0.05) is 26.7 Å². The van der Waals surface area contributed by atoms with Crippen LogP contribution in [0.1, 0.15) is 39.5 Å². The largest absolute Gasteiger partial charge is 0.471 e. The van der Waals surface area contributed by atoms with Crippen LogP contribution in [0.15, 0.2) is 0 Å². The van der Waals surface area contributed by atoms with Crippen LogP contribution in [-0.2, 0) is 4.79 Å². The maximum Gasteiger partial charge on any atom is 0.471 e. The minimum atomic E-state index is -4.73. The fourth-order valence-electron chi connectivity index (χ4n) is 1.19. The Labute approximate surface area is 88.4 Å². The quantitative estimate of drug-likeness (QED) is 0.680. The van der Waals surface area contributed by atoms with E-state index in [2.05, 4.69) is 0 Å². The molecule has 0 aliphatic rings. The Balaban J connectivity index is 4.27. The highest BCUT2D eigenvalue weighted by molar-refractivity contribution is 5.81. The van der Waals surface area contributed by atoms with Crippen LogP contribution in [0.25, 0.3) is 0 Å². The molecule has 0 rings (SSSR count). The van der Waals surface area contributed by atoms with Gasteiger partial charge in [0.25, 0.3) is 0 Å². The highest BCUT2D eigenvalue weighted by Crippen LogP contribution is 2.19. The monoisotopic (exact) mass is 225 g/mol. The van der Waals surface area contributed by atoms with Crippen molar-refractivity contribution in [1.82, 2.24) is 4.90 Å². The van der Waals surface area contributed by atoms with E-state index in [0.717, 1.165) is 17.7 Å². The van der Waals surface area contributed by atoms with Gasteiger partial charge < -0.3 is 4.90 Å². The molecule has 0 aliphatic heterocycles. The first kappa shape index (κ1) is 14.3. The standard InChI is InChI=1S/C10H18F3NO/c1-3-5-7-14(8-6-4-2)9(15)10(11,12)13/h3-8H2,1-2H3. The molecule has 0 saturated carbocycles. The van der Waals surface area contributed by atoms with Gasteiger partial charge in [-0.25, -0.2) is 0 Å². The predicted molar refractivity (Wildman–Crippen MR) is 52.5 cm³/mol. The van der Waals surface area contributed by atoms with Crippen LogP contribution in [0.4, 0.5) is 13.2 Å². The lowest BCUT2D eigenvalue weighted by molar-refractivity contribution is -0.185. The molecular formula is C10H18F3NO. The number of carbonyl (C=O) groups is 1. The van der Waals surface area contributed by atoms with Gasteiger partial charge >= 0.3 is 12.1 Å². The number of halogens is 3. The highest BCUT2D eigenvalue weighted by Gasteiger charge is 2.41. The van der Waals surface area contributed by atoms with E-state index in [1.54, 1.807) is 0 Å². The fraction of sp³-hybridized carbons (Fsp3) is 0.900. The summed E-state index contributed by atoms with van der Waals surface area (Å²) in [5.41, 5.74) is 0. The number of hydrogen-bond donors (Lipinski definition) is 0. The molecule has 0 aliphatic carbocycles. The van der Waals surface area contributed by atoms with Crippen LogP contribution in [0, 0.1) is 0 Å².